The summed E-state index contributed by atoms with van der Waals surface area (Å²) in [5, 5.41) is 11.0. The number of nitro benzene ring substituents is 1. The number of rotatable bonds is 3. The number of ether oxygens (including phenoxy) is 1. The molecule has 0 aromatic heterocycles. The minimum absolute atomic E-state index is 0.0299. The van der Waals surface area contributed by atoms with Crippen molar-refractivity contribution in [3.63, 3.8) is 0 Å². The van der Waals surface area contributed by atoms with Crippen molar-refractivity contribution in [3.8, 4) is 5.75 Å². The van der Waals surface area contributed by atoms with E-state index in [0.29, 0.717) is 18.8 Å². The Bertz CT molecular complexity index is 530. The Hall–Kier alpha value is -1.51. The van der Waals surface area contributed by atoms with Crippen LogP contribution in [0.2, 0.25) is 0 Å². The van der Waals surface area contributed by atoms with E-state index < -0.39 is 22.7 Å². The first kappa shape index (κ1) is 14.9. The molecule has 0 atom stereocenters. The Balaban J connectivity index is 2.43. The average Bonchev–Trinajstić information content (AvgIpc) is 2.82. The molecule has 0 amide bonds. The zero-order valence-corrected chi connectivity index (χ0v) is 11.7. The summed E-state index contributed by atoms with van der Waals surface area (Å²) in [6, 6.07) is 2.09. The number of nitrogens with zero attached hydrogens (tertiary/aromatic N) is 2. The molecule has 5 nitrogen and oxygen atoms in total. The molecule has 20 heavy (non-hydrogen) atoms. The van der Waals surface area contributed by atoms with Gasteiger partial charge in [0.25, 0.3) is 5.69 Å². The van der Waals surface area contributed by atoms with Crippen molar-refractivity contribution in [1.82, 2.24) is 0 Å². The molecule has 9 heteroatoms. The number of anilines is 1. The number of halogens is 4. The van der Waals surface area contributed by atoms with Crippen LogP contribution in [0.3, 0.4) is 0 Å². The highest BCUT2D eigenvalue weighted by Crippen LogP contribution is 2.40. The van der Waals surface area contributed by atoms with Crippen molar-refractivity contribution in [2.45, 2.75) is 19.2 Å². The lowest BCUT2D eigenvalue weighted by Crippen LogP contribution is -2.20. The summed E-state index contributed by atoms with van der Waals surface area (Å²) in [5.41, 5.74) is -0.0942. The Morgan fingerprint density at radius 1 is 1.30 bits per heavy atom. The molecule has 0 aliphatic carbocycles. The van der Waals surface area contributed by atoms with Gasteiger partial charge in [-0.05, 0) is 34.8 Å². The van der Waals surface area contributed by atoms with E-state index in [-0.39, 0.29) is 4.47 Å². The summed E-state index contributed by atoms with van der Waals surface area (Å²) < 4.78 is 40.5. The molecule has 1 saturated heterocycles. The van der Waals surface area contributed by atoms with Crippen LogP contribution >= 0.6 is 15.9 Å². The highest BCUT2D eigenvalue weighted by molar-refractivity contribution is 9.10. The van der Waals surface area contributed by atoms with E-state index in [2.05, 4.69) is 20.7 Å². The van der Waals surface area contributed by atoms with Gasteiger partial charge >= 0.3 is 6.36 Å². The Morgan fingerprint density at radius 2 is 1.90 bits per heavy atom. The summed E-state index contributed by atoms with van der Waals surface area (Å²) in [6.07, 6.45) is -3.10. The molecule has 2 rings (SSSR count). The standard InChI is InChI=1S/C11H10BrF3N2O3/c12-7-5-8(16-3-1-2-4-16)9(17(18)19)6-10(7)20-11(13,14)15/h5-6H,1-4H2. The average molecular weight is 355 g/mol. The molecular weight excluding hydrogens is 345 g/mol. The van der Waals surface area contributed by atoms with Crippen LogP contribution in [0, 0.1) is 10.1 Å². The molecule has 1 aliphatic heterocycles. The molecule has 0 unspecified atom stereocenters. The third-order valence-corrected chi connectivity index (χ3v) is 3.52. The van der Waals surface area contributed by atoms with Crippen molar-refractivity contribution in [1.29, 1.82) is 0 Å². The van der Waals surface area contributed by atoms with Gasteiger partial charge in [-0.25, -0.2) is 0 Å². The van der Waals surface area contributed by atoms with Gasteiger partial charge in [-0.3, -0.25) is 10.1 Å². The van der Waals surface area contributed by atoms with Gasteiger partial charge in [0, 0.05) is 13.1 Å². The van der Waals surface area contributed by atoms with Gasteiger partial charge in [-0.2, -0.15) is 0 Å². The summed E-state index contributed by atoms with van der Waals surface area (Å²) in [7, 11) is 0. The molecule has 0 spiro atoms. The smallest absolute Gasteiger partial charge is 0.404 e. The van der Waals surface area contributed by atoms with Crippen LogP contribution in [0.4, 0.5) is 24.5 Å². The quantitative estimate of drug-likeness (QED) is 0.610. The van der Waals surface area contributed by atoms with E-state index in [0.717, 1.165) is 18.9 Å². The van der Waals surface area contributed by atoms with Gasteiger partial charge < -0.3 is 9.64 Å². The van der Waals surface area contributed by atoms with Crippen LogP contribution in [0.1, 0.15) is 12.8 Å². The molecule has 1 aromatic carbocycles. The van der Waals surface area contributed by atoms with Crippen LogP contribution in [-0.2, 0) is 0 Å². The fraction of sp³-hybridized carbons (Fsp3) is 0.455. The molecule has 1 fully saturated rings. The highest BCUT2D eigenvalue weighted by Gasteiger charge is 2.34. The van der Waals surface area contributed by atoms with Crippen LogP contribution in [0.25, 0.3) is 0 Å². The van der Waals surface area contributed by atoms with Crippen molar-refractivity contribution in [3.05, 3.63) is 26.7 Å². The number of benzene rings is 1. The normalized spacial score (nSPS) is 15.5. The first-order valence-corrected chi connectivity index (χ1v) is 6.56. The SMILES string of the molecule is O=[N+]([O-])c1cc(OC(F)(F)F)c(Br)cc1N1CCCC1. The number of hydrogen-bond acceptors (Lipinski definition) is 4. The third-order valence-electron chi connectivity index (χ3n) is 2.90. The Morgan fingerprint density at radius 3 is 2.40 bits per heavy atom. The molecular formula is C11H10BrF3N2O3. The predicted molar refractivity (Wildman–Crippen MR) is 68.9 cm³/mol. The van der Waals surface area contributed by atoms with Crippen LogP contribution in [-0.4, -0.2) is 24.4 Å². The fourth-order valence-corrected chi connectivity index (χ4v) is 2.50. The van der Waals surface area contributed by atoms with Crippen molar-refractivity contribution >= 4 is 27.3 Å². The molecule has 1 aromatic rings. The zero-order valence-electron chi connectivity index (χ0n) is 10.1. The summed E-state index contributed by atoms with van der Waals surface area (Å²) in [4.78, 5) is 12.1. The van der Waals surface area contributed by atoms with E-state index in [1.54, 1.807) is 4.90 Å². The second-order valence-electron chi connectivity index (χ2n) is 4.27. The first-order chi connectivity index (χ1) is 9.28. The van der Waals surface area contributed by atoms with E-state index in [1.807, 2.05) is 0 Å². The van der Waals surface area contributed by atoms with Crippen LogP contribution < -0.4 is 9.64 Å². The number of hydrogen-bond donors (Lipinski definition) is 0. The van der Waals surface area contributed by atoms with Crippen LogP contribution in [0.15, 0.2) is 16.6 Å². The Kier molecular flexibility index (Phi) is 4.07. The van der Waals surface area contributed by atoms with Gasteiger partial charge in [0.15, 0.2) is 5.75 Å². The maximum Gasteiger partial charge on any atom is 0.573 e. The largest absolute Gasteiger partial charge is 0.573 e. The summed E-state index contributed by atoms with van der Waals surface area (Å²) in [6.45, 7) is 1.29. The maximum atomic E-state index is 12.2. The van der Waals surface area contributed by atoms with E-state index in [9.17, 15) is 23.3 Å². The zero-order chi connectivity index (χ0) is 14.9. The molecule has 110 valence electrons. The van der Waals surface area contributed by atoms with Gasteiger partial charge in [0.2, 0.25) is 0 Å². The molecule has 1 heterocycles. The second kappa shape index (κ2) is 5.47. The minimum atomic E-state index is -4.90. The van der Waals surface area contributed by atoms with Crippen molar-refractivity contribution < 1.29 is 22.8 Å². The molecule has 0 radical (unpaired) electrons. The summed E-state index contributed by atoms with van der Waals surface area (Å²) in [5.74, 6) is -0.618. The van der Waals surface area contributed by atoms with Gasteiger partial charge in [-0.15, -0.1) is 13.2 Å². The predicted octanol–water partition coefficient (Wildman–Crippen LogP) is 3.86. The first-order valence-electron chi connectivity index (χ1n) is 5.76. The topological polar surface area (TPSA) is 55.6 Å². The van der Waals surface area contributed by atoms with Gasteiger partial charge in [-0.1, -0.05) is 0 Å². The lowest BCUT2D eigenvalue weighted by molar-refractivity contribution is -0.384. The minimum Gasteiger partial charge on any atom is -0.404 e. The molecule has 1 aliphatic rings. The van der Waals surface area contributed by atoms with Gasteiger partial charge in [0.1, 0.15) is 5.69 Å². The van der Waals surface area contributed by atoms with E-state index in [1.165, 1.54) is 6.07 Å². The number of alkyl halides is 3. The Labute approximate surface area is 120 Å². The van der Waals surface area contributed by atoms with E-state index in [4.69, 9.17) is 0 Å². The summed E-state index contributed by atoms with van der Waals surface area (Å²) >= 11 is 2.96. The lowest BCUT2D eigenvalue weighted by Gasteiger charge is -2.19. The van der Waals surface area contributed by atoms with Gasteiger partial charge in [0.05, 0.1) is 15.5 Å². The molecule has 0 N–H and O–H groups in total. The van der Waals surface area contributed by atoms with Crippen LogP contribution in [0.5, 0.6) is 5.75 Å². The fourth-order valence-electron chi connectivity index (χ4n) is 2.09. The lowest BCUT2D eigenvalue weighted by atomic mass is 10.2. The van der Waals surface area contributed by atoms with E-state index >= 15 is 0 Å². The maximum absolute atomic E-state index is 12.2. The molecule has 0 bridgehead atoms. The highest BCUT2D eigenvalue weighted by atomic mass is 79.9. The van der Waals surface area contributed by atoms with Crippen molar-refractivity contribution in [2.24, 2.45) is 0 Å². The number of nitro groups is 1. The van der Waals surface area contributed by atoms with Crippen molar-refractivity contribution in [2.75, 3.05) is 18.0 Å². The monoisotopic (exact) mass is 354 g/mol. The second-order valence-corrected chi connectivity index (χ2v) is 5.12. The molecule has 0 saturated carbocycles. The third kappa shape index (κ3) is 3.33.